The van der Waals surface area contributed by atoms with Gasteiger partial charge in [-0.2, -0.15) is 0 Å². The van der Waals surface area contributed by atoms with Gasteiger partial charge in [0.15, 0.2) is 0 Å². The predicted octanol–water partition coefficient (Wildman–Crippen LogP) is 2.22. The van der Waals surface area contributed by atoms with Gasteiger partial charge in [-0.25, -0.2) is 4.79 Å². The number of terminal acetylenes is 1. The highest BCUT2D eigenvalue weighted by Crippen LogP contribution is 2.30. The first-order chi connectivity index (χ1) is 9.06. The van der Waals surface area contributed by atoms with E-state index in [4.69, 9.17) is 11.2 Å². The molecule has 0 saturated carbocycles. The zero-order valence-corrected chi connectivity index (χ0v) is 11.9. The van der Waals surface area contributed by atoms with Crippen LogP contribution >= 0.6 is 15.9 Å². The molecule has 1 aromatic rings. The Labute approximate surface area is 119 Å². The summed E-state index contributed by atoms with van der Waals surface area (Å²) < 4.78 is 5.52. The molecule has 98 valence electrons. The third-order valence-corrected chi connectivity index (χ3v) is 3.51. The van der Waals surface area contributed by atoms with Crippen molar-refractivity contribution in [2.24, 2.45) is 5.92 Å². The molecule has 2 rings (SSSR count). The largest absolute Gasteiger partial charge is 0.465 e. The Morgan fingerprint density at radius 1 is 1.58 bits per heavy atom. The van der Waals surface area contributed by atoms with Crippen LogP contribution in [0.3, 0.4) is 0 Å². The average molecular weight is 322 g/mol. The lowest BCUT2D eigenvalue weighted by atomic mass is 10.1. The van der Waals surface area contributed by atoms with E-state index in [0.29, 0.717) is 24.2 Å². The monoisotopic (exact) mass is 321 g/mol. The molecule has 1 aromatic carbocycles. The number of halogens is 1. The fraction of sp³-hybridized carbons (Fsp3) is 0.286. The summed E-state index contributed by atoms with van der Waals surface area (Å²) in [6, 6.07) is 5.08. The summed E-state index contributed by atoms with van der Waals surface area (Å²) >= 11 is 3.34. The summed E-state index contributed by atoms with van der Waals surface area (Å²) in [6.45, 7) is 0.426. The maximum atomic E-state index is 12.0. The fourth-order valence-electron chi connectivity index (χ4n) is 2.06. The maximum absolute atomic E-state index is 12.0. The molecule has 0 N–H and O–H groups in total. The van der Waals surface area contributed by atoms with E-state index >= 15 is 0 Å². The molecular weight excluding hydrogens is 310 g/mol. The molecule has 1 saturated heterocycles. The van der Waals surface area contributed by atoms with Crippen LogP contribution in [-0.2, 0) is 9.53 Å². The number of carbonyl (C=O) groups excluding carboxylic acids is 2. The molecule has 19 heavy (non-hydrogen) atoms. The Morgan fingerprint density at radius 3 is 2.89 bits per heavy atom. The molecule has 1 fully saturated rings. The molecule has 0 bridgehead atoms. The van der Waals surface area contributed by atoms with E-state index in [9.17, 15) is 9.59 Å². The molecule has 1 amide bonds. The fourth-order valence-corrected chi connectivity index (χ4v) is 2.41. The van der Waals surface area contributed by atoms with Crippen LogP contribution < -0.4 is 4.90 Å². The third kappa shape index (κ3) is 2.64. The molecule has 1 unspecified atom stereocenters. The Hall–Kier alpha value is -1.80. The molecule has 0 aromatic heterocycles. The highest BCUT2D eigenvalue weighted by molar-refractivity contribution is 9.10. The van der Waals surface area contributed by atoms with E-state index in [0.717, 1.165) is 4.47 Å². The number of benzene rings is 1. The van der Waals surface area contributed by atoms with Gasteiger partial charge in [0.2, 0.25) is 5.91 Å². The second-order valence-electron chi connectivity index (χ2n) is 4.23. The highest BCUT2D eigenvalue weighted by atomic mass is 79.9. The van der Waals surface area contributed by atoms with Crippen molar-refractivity contribution in [3.8, 4) is 12.3 Å². The lowest BCUT2D eigenvalue weighted by molar-refractivity contribution is -0.117. The first kappa shape index (κ1) is 13.6. The van der Waals surface area contributed by atoms with Gasteiger partial charge in [0.25, 0.3) is 0 Å². The van der Waals surface area contributed by atoms with Crippen LogP contribution in [-0.4, -0.2) is 25.5 Å². The van der Waals surface area contributed by atoms with E-state index < -0.39 is 5.97 Å². The topological polar surface area (TPSA) is 46.6 Å². The Kier molecular flexibility index (Phi) is 3.91. The number of rotatable bonds is 2. The maximum Gasteiger partial charge on any atom is 0.339 e. The Balaban J connectivity index is 2.44. The van der Waals surface area contributed by atoms with Gasteiger partial charge < -0.3 is 9.64 Å². The molecule has 0 aliphatic carbocycles. The molecule has 1 aliphatic rings. The molecule has 0 radical (unpaired) electrons. The summed E-state index contributed by atoms with van der Waals surface area (Å²) in [5.41, 5.74) is 0.890. The quantitative estimate of drug-likeness (QED) is 0.620. The molecule has 1 atom stereocenters. The van der Waals surface area contributed by atoms with Crippen molar-refractivity contribution >= 4 is 33.5 Å². The number of hydrogen-bond donors (Lipinski definition) is 0. The van der Waals surface area contributed by atoms with Crippen LogP contribution in [0.4, 0.5) is 5.69 Å². The SMILES string of the molecule is C#CC1CC(=O)N(c2cc(Br)ccc2C(=O)OC)C1. The van der Waals surface area contributed by atoms with Crippen molar-refractivity contribution in [3.05, 3.63) is 28.2 Å². The van der Waals surface area contributed by atoms with Crippen LogP contribution in [0.1, 0.15) is 16.8 Å². The zero-order chi connectivity index (χ0) is 14.0. The second-order valence-corrected chi connectivity index (χ2v) is 5.14. The van der Waals surface area contributed by atoms with Crippen molar-refractivity contribution in [2.75, 3.05) is 18.6 Å². The van der Waals surface area contributed by atoms with Gasteiger partial charge in [-0.1, -0.05) is 15.9 Å². The van der Waals surface area contributed by atoms with E-state index in [1.54, 1.807) is 23.1 Å². The number of carbonyl (C=O) groups is 2. The van der Waals surface area contributed by atoms with Crippen LogP contribution in [0.2, 0.25) is 0 Å². The van der Waals surface area contributed by atoms with Gasteiger partial charge in [-0.15, -0.1) is 12.3 Å². The smallest absolute Gasteiger partial charge is 0.339 e. The van der Waals surface area contributed by atoms with E-state index in [1.807, 2.05) is 0 Å². The highest BCUT2D eigenvalue weighted by Gasteiger charge is 2.32. The van der Waals surface area contributed by atoms with Crippen molar-refractivity contribution in [1.29, 1.82) is 0 Å². The Morgan fingerprint density at radius 2 is 2.32 bits per heavy atom. The molecular formula is C14H12BrNO3. The molecule has 5 heteroatoms. The Bertz CT molecular complexity index is 577. The number of anilines is 1. The van der Waals surface area contributed by atoms with Crippen molar-refractivity contribution in [3.63, 3.8) is 0 Å². The lowest BCUT2D eigenvalue weighted by Gasteiger charge is -2.19. The van der Waals surface area contributed by atoms with Gasteiger partial charge >= 0.3 is 5.97 Å². The number of esters is 1. The molecule has 4 nitrogen and oxygen atoms in total. The summed E-state index contributed by atoms with van der Waals surface area (Å²) in [5.74, 6) is 1.92. The summed E-state index contributed by atoms with van der Waals surface area (Å²) in [4.78, 5) is 25.3. The van der Waals surface area contributed by atoms with Crippen LogP contribution in [0.15, 0.2) is 22.7 Å². The standard InChI is InChI=1S/C14H12BrNO3/c1-3-9-6-13(17)16(8-9)12-7-10(15)4-5-11(12)14(18)19-2/h1,4-5,7,9H,6,8H2,2H3. The summed E-state index contributed by atoms with van der Waals surface area (Å²) in [6.07, 6.45) is 5.67. The van der Waals surface area contributed by atoms with Crippen LogP contribution in [0.25, 0.3) is 0 Å². The van der Waals surface area contributed by atoms with E-state index in [-0.39, 0.29) is 11.8 Å². The number of hydrogen-bond acceptors (Lipinski definition) is 3. The molecule has 1 aliphatic heterocycles. The van der Waals surface area contributed by atoms with Gasteiger partial charge in [0.05, 0.1) is 18.4 Å². The van der Waals surface area contributed by atoms with Crippen molar-refractivity contribution < 1.29 is 14.3 Å². The van der Waals surface area contributed by atoms with E-state index in [1.165, 1.54) is 7.11 Å². The van der Waals surface area contributed by atoms with Gasteiger partial charge in [-0.05, 0) is 18.2 Å². The number of ether oxygens (including phenoxy) is 1. The van der Waals surface area contributed by atoms with E-state index in [2.05, 4.69) is 21.9 Å². The first-order valence-electron chi connectivity index (χ1n) is 5.71. The second kappa shape index (κ2) is 5.45. The minimum absolute atomic E-state index is 0.0776. The minimum atomic E-state index is -0.473. The number of amides is 1. The summed E-state index contributed by atoms with van der Waals surface area (Å²) in [5, 5.41) is 0. The number of methoxy groups -OCH3 is 1. The van der Waals surface area contributed by atoms with Crippen molar-refractivity contribution in [1.82, 2.24) is 0 Å². The van der Waals surface area contributed by atoms with Crippen LogP contribution in [0, 0.1) is 18.3 Å². The third-order valence-electron chi connectivity index (χ3n) is 3.02. The lowest BCUT2D eigenvalue weighted by Crippen LogP contribution is -2.26. The summed E-state index contributed by atoms with van der Waals surface area (Å²) in [7, 11) is 1.31. The van der Waals surface area contributed by atoms with Crippen LogP contribution in [0.5, 0.6) is 0 Å². The normalized spacial score (nSPS) is 18.3. The van der Waals surface area contributed by atoms with Gasteiger partial charge in [0.1, 0.15) is 0 Å². The van der Waals surface area contributed by atoms with Gasteiger partial charge in [0, 0.05) is 23.4 Å². The minimum Gasteiger partial charge on any atom is -0.465 e. The van der Waals surface area contributed by atoms with Crippen molar-refractivity contribution in [2.45, 2.75) is 6.42 Å². The van der Waals surface area contributed by atoms with Gasteiger partial charge in [-0.3, -0.25) is 4.79 Å². The predicted molar refractivity (Wildman–Crippen MR) is 74.8 cm³/mol. The molecule has 1 heterocycles. The molecule has 0 spiro atoms. The zero-order valence-electron chi connectivity index (χ0n) is 10.4. The average Bonchev–Trinajstić information content (AvgIpc) is 2.79. The first-order valence-corrected chi connectivity index (χ1v) is 6.50. The number of nitrogens with zero attached hydrogens (tertiary/aromatic N) is 1.